The van der Waals surface area contributed by atoms with Crippen molar-refractivity contribution >= 4 is 5.91 Å². The van der Waals surface area contributed by atoms with Gasteiger partial charge in [-0.1, -0.05) is 19.8 Å². The van der Waals surface area contributed by atoms with E-state index in [0.29, 0.717) is 5.92 Å². The number of carbonyl (C=O) groups is 1. The smallest absolute Gasteiger partial charge is 0.237 e. The van der Waals surface area contributed by atoms with Crippen molar-refractivity contribution in [2.75, 3.05) is 13.2 Å². The van der Waals surface area contributed by atoms with E-state index >= 15 is 0 Å². The molecule has 3 N–H and O–H groups in total. The standard InChI is InChI=1S/C13H24N2O2/c1-10-4-2-6-13(8-10,9-16)15-12(17)11-5-3-7-14-11/h10-11,14,16H,2-9H2,1H3,(H,15,17)/t10?,11-,13?/m0/s1. The summed E-state index contributed by atoms with van der Waals surface area (Å²) < 4.78 is 0. The lowest BCUT2D eigenvalue weighted by molar-refractivity contribution is -0.126. The van der Waals surface area contributed by atoms with Gasteiger partial charge < -0.3 is 15.7 Å². The van der Waals surface area contributed by atoms with Crippen LogP contribution in [0.5, 0.6) is 0 Å². The third kappa shape index (κ3) is 2.99. The first-order valence-corrected chi connectivity index (χ1v) is 6.81. The number of rotatable bonds is 3. The highest BCUT2D eigenvalue weighted by atomic mass is 16.3. The SMILES string of the molecule is CC1CCCC(CO)(NC(=O)[C@@H]2CCCN2)C1. The van der Waals surface area contributed by atoms with E-state index in [0.717, 1.165) is 38.6 Å². The van der Waals surface area contributed by atoms with E-state index < -0.39 is 0 Å². The van der Waals surface area contributed by atoms with Gasteiger partial charge in [0.1, 0.15) is 0 Å². The van der Waals surface area contributed by atoms with Gasteiger partial charge in [0.05, 0.1) is 18.2 Å². The fourth-order valence-electron chi connectivity index (χ4n) is 3.21. The first-order chi connectivity index (χ1) is 8.15. The van der Waals surface area contributed by atoms with Crippen molar-refractivity contribution in [1.29, 1.82) is 0 Å². The maximum atomic E-state index is 12.1. The van der Waals surface area contributed by atoms with Crippen LogP contribution in [0.25, 0.3) is 0 Å². The molecule has 1 aliphatic heterocycles. The van der Waals surface area contributed by atoms with Crippen LogP contribution >= 0.6 is 0 Å². The molecular weight excluding hydrogens is 216 g/mol. The summed E-state index contributed by atoms with van der Waals surface area (Å²) in [7, 11) is 0. The quantitative estimate of drug-likeness (QED) is 0.683. The molecule has 0 aromatic rings. The molecule has 1 heterocycles. The Balaban J connectivity index is 1.95. The van der Waals surface area contributed by atoms with Gasteiger partial charge in [-0.05, 0) is 38.1 Å². The molecule has 1 saturated heterocycles. The van der Waals surface area contributed by atoms with Crippen LogP contribution in [-0.4, -0.2) is 35.7 Å². The van der Waals surface area contributed by atoms with E-state index in [1.807, 2.05) is 0 Å². The first-order valence-electron chi connectivity index (χ1n) is 6.81. The summed E-state index contributed by atoms with van der Waals surface area (Å²) in [5, 5.41) is 15.9. The predicted octanol–water partition coefficient (Wildman–Crippen LogP) is 0.796. The zero-order valence-corrected chi connectivity index (χ0v) is 10.7. The molecule has 0 aromatic heterocycles. The van der Waals surface area contributed by atoms with Gasteiger partial charge in [0.2, 0.25) is 5.91 Å². The first kappa shape index (κ1) is 12.8. The van der Waals surface area contributed by atoms with Crippen molar-refractivity contribution in [3.63, 3.8) is 0 Å². The Kier molecular flexibility index (Phi) is 4.05. The molecule has 4 heteroatoms. The van der Waals surface area contributed by atoms with Crippen molar-refractivity contribution in [3.8, 4) is 0 Å². The Hall–Kier alpha value is -0.610. The number of nitrogens with one attached hydrogen (secondary N) is 2. The number of aliphatic hydroxyl groups excluding tert-OH is 1. The fraction of sp³-hybridized carbons (Fsp3) is 0.923. The van der Waals surface area contributed by atoms with E-state index in [1.165, 1.54) is 6.42 Å². The molecular formula is C13H24N2O2. The van der Waals surface area contributed by atoms with Crippen LogP contribution in [0.3, 0.4) is 0 Å². The predicted molar refractivity (Wildman–Crippen MR) is 66.6 cm³/mol. The molecule has 0 spiro atoms. The summed E-state index contributed by atoms with van der Waals surface area (Å²) in [5.41, 5.74) is -0.362. The van der Waals surface area contributed by atoms with Gasteiger partial charge in [-0.3, -0.25) is 4.79 Å². The molecule has 1 amide bonds. The molecule has 3 atom stereocenters. The van der Waals surface area contributed by atoms with Crippen molar-refractivity contribution < 1.29 is 9.90 Å². The van der Waals surface area contributed by atoms with Crippen LogP contribution in [0.15, 0.2) is 0 Å². The van der Waals surface area contributed by atoms with Gasteiger partial charge in [0.25, 0.3) is 0 Å². The van der Waals surface area contributed by atoms with Crippen molar-refractivity contribution in [1.82, 2.24) is 10.6 Å². The normalized spacial score (nSPS) is 38.0. The minimum atomic E-state index is -0.362. The Morgan fingerprint density at radius 2 is 2.29 bits per heavy atom. The van der Waals surface area contributed by atoms with Crippen LogP contribution < -0.4 is 10.6 Å². The van der Waals surface area contributed by atoms with Crippen LogP contribution in [-0.2, 0) is 4.79 Å². The monoisotopic (exact) mass is 240 g/mol. The minimum absolute atomic E-state index is 0.0457. The average molecular weight is 240 g/mol. The van der Waals surface area contributed by atoms with Crippen LogP contribution in [0.1, 0.15) is 45.4 Å². The molecule has 2 unspecified atom stereocenters. The largest absolute Gasteiger partial charge is 0.394 e. The summed E-state index contributed by atoms with van der Waals surface area (Å²) >= 11 is 0. The summed E-state index contributed by atoms with van der Waals surface area (Å²) in [6.45, 7) is 3.19. The van der Waals surface area contributed by atoms with Crippen molar-refractivity contribution in [2.24, 2.45) is 5.92 Å². The molecule has 0 aromatic carbocycles. The van der Waals surface area contributed by atoms with E-state index in [9.17, 15) is 9.90 Å². The number of amides is 1. The second kappa shape index (κ2) is 5.36. The molecule has 2 aliphatic rings. The van der Waals surface area contributed by atoms with Gasteiger partial charge in [-0.2, -0.15) is 0 Å². The average Bonchev–Trinajstić information content (AvgIpc) is 2.82. The molecule has 1 aliphatic carbocycles. The second-order valence-electron chi connectivity index (χ2n) is 5.78. The summed E-state index contributed by atoms with van der Waals surface area (Å²) in [5.74, 6) is 0.665. The fourth-order valence-corrected chi connectivity index (χ4v) is 3.21. The lowest BCUT2D eigenvalue weighted by Crippen LogP contribution is -2.57. The zero-order valence-electron chi connectivity index (χ0n) is 10.7. The maximum absolute atomic E-state index is 12.1. The topological polar surface area (TPSA) is 61.4 Å². The minimum Gasteiger partial charge on any atom is -0.394 e. The second-order valence-corrected chi connectivity index (χ2v) is 5.78. The molecule has 2 fully saturated rings. The summed E-state index contributed by atoms with van der Waals surface area (Å²) in [4.78, 5) is 12.1. The number of hydrogen-bond donors (Lipinski definition) is 3. The van der Waals surface area contributed by atoms with Crippen molar-refractivity contribution in [3.05, 3.63) is 0 Å². The van der Waals surface area contributed by atoms with Gasteiger partial charge in [0.15, 0.2) is 0 Å². The van der Waals surface area contributed by atoms with Crippen LogP contribution in [0, 0.1) is 5.92 Å². The Labute approximate surface area is 103 Å². The van der Waals surface area contributed by atoms with E-state index in [-0.39, 0.29) is 24.1 Å². The third-order valence-electron chi connectivity index (χ3n) is 4.16. The van der Waals surface area contributed by atoms with E-state index in [1.54, 1.807) is 0 Å². The highest BCUT2D eigenvalue weighted by Crippen LogP contribution is 2.32. The number of hydrogen-bond acceptors (Lipinski definition) is 3. The third-order valence-corrected chi connectivity index (χ3v) is 4.16. The Morgan fingerprint density at radius 1 is 1.47 bits per heavy atom. The van der Waals surface area contributed by atoms with E-state index in [2.05, 4.69) is 17.6 Å². The molecule has 2 rings (SSSR count). The van der Waals surface area contributed by atoms with Crippen molar-refractivity contribution in [2.45, 2.75) is 57.0 Å². The van der Waals surface area contributed by atoms with Crippen LogP contribution in [0.2, 0.25) is 0 Å². The molecule has 1 saturated carbocycles. The molecule has 4 nitrogen and oxygen atoms in total. The maximum Gasteiger partial charge on any atom is 0.237 e. The number of carbonyl (C=O) groups excluding carboxylic acids is 1. The molecule has 98 valence electrons. The van der Waals surface area contributed by atoms with E-state index in [4.69, 9.17) is 0 Å². The van der Waals surface area contributed by atoms with Gasteiger partial charge in [0, 0.05) is 0 Å². The van der Waals surface area contributed by atoms with Crippen LogP contribution in [0.4, 0.5) is 0 Å². The van der Waals surface area contributed by atoms with Gasteiger partial charge in [-0.15, -0.1) is 0 Å². The van der Waals surface area contributed by atoms with Gasteiger partial charge >= 0.3 is 0 Å². The van der Waals surface area contributed by atoms with Gasteiger partial charge in [-0.25, -0.2) is 0 Å². The molecule has 17 heavy (non-hydrogen) atoms. The Morgan fingerprint density at radius 3 is 2.88 bits per heavy atom. The zero-order chi connectivity index (χ0) is 12.3. The lowest BCUT2D eigenvalue weighted by Gasteiger charge is -2.40. The lowest BCUT2D eigenvalue weighted by atomic mass is 9.76. The molecule has 0 bridgehead atoms. The highest BCUT2D eigenvalue weighted by molar-refractivity contribution is 5.82. The Bertz CT molecular complexity index is 277. The highest BCUT2D eigenvalue weighted by Gasteiger charge is 2.37. The summed E-state index contributed by atoms with van der Waals surface area (Å²) in [6.07, 6.45) is 6.11. The summed E-state index contributed by atoms with van der Waals surface area (Å²) in [6, 6.07) is -0.0457. The number of aliphatic hydroxyl groups is 1. The molecule has 0 radical (unpaired) electrons.